The lowest BCUT2D eigenvalue weighted by Gasteiger charge is -2.42. The number of ether oxygens (including phenoxy) is 1. The Morgan fingerprint density at radius 1 is 1.21 bits per heavy atom. The molecule has 2 heterocycles. The number of carbonyl (C=O) groups is 1. The third kappa shape index (κ3) is 5.09. The molecule has 2 aromatic carbocycles. The molecule has 4 rings (SSSR count). The van der Waals surface area contributed by atoms with Crippen molar-refractivity contribution < 1.29 is 14.6 Å². The Hall–Kier alpha value is -2.55. The molecular weight excluding hydrogens is 477 g/mol. The lowest BCUT2D eigenvalue weighted by atomic mass is 10.1. The number of carbonyl (C=O) groups excluding carboxylic acids is 1. The number of anilines is 1. The number of aromatic nitrogens is 3. The molecule has 182 valence electrons. The zero-order valence-electron chi connectivity index (χ0n) is 19.7. The number of fused-ring (bicyclic) bond motifs is 1. The van der Waals surface area contributed by atoms with Gasteiger partial charge in [0.05, 0.1) is 24.2 Å². The van der Waals surface area contributed by atoms with Gasteiger partial charge >= 0.3 is 6.09 Å². The van der Waals surface area contributed by atoms with Gasteiger partial charge in [0.25, 0.3) is 0 Å². The van der Waals surface area contributed by atoms with E-state index in [2.05, 4.69) is 15.2 Å². The van der Waals surface area contributed by atoms with E-state index in [4.69, 9.17) is 27.9 Å². The zero-order valence-corrected chi connectivity index (χ0v) is 21.2. The molecule has 8 nitrogen and oxygen atoms in total. The fourth-order valence-electron chi connectivity index (χ4n) is 4.19. The average Bonchev–Trinajstić information content (AvgIpc) is 3.20. The number of nitrogens with zero attached hydrogens (tertiary/aromatic N) is 5. The van der Waals surface area contributed by atoms with Crippen LogP contribution in [0.25, 0.3) is 11.0 Å². The molecular formula is C24H29Cl2N5O3. The van der Waals surface area contributed by atoms with Gasteiger partial charge in [-0.05, 0) is 63.6 Å². The van der Waals surface area contributed by atoms with E-state index in [1.165, 1.54) is 0 Å². The predicted molar refractivity (Wildman–Crippen MR) is 134 cm³/mol. The van der Waals surface area contributed by atoms with Gasteiger partial charge in [-0.2, -0.15) is 0 Å². The van der Waals surface area contributed by atoms with Crippen molar-refractivity contribution >= 4 is 46.0 Å². The standard InChI is InChI=1S/C24H29Cl2N5O3/c1-15(19-7-5-16(25)11-20(19)26)31-22-12-17(6-8-21(22)27-28-31)29-9-10-30(18(13-29)14-32)23(33)34-24(2,3)4/h5-8,11-12,15,18,32H,9-10,13-14H2,1-4H3/t15-,18+/m1/s1. The molecule has 1 N–H and O–H groups in total. The van der Waals surface area contributed by atoms with Crippen LogP contribution in [0, 0.1) is 0 Å². The summed E-state index contributed by atoms with van der Waals surface area (Å²) in [5.41, 5.74) is 2.91. The van der Waals surface area contributed by atoms with Crippen LogP contribution in [0.5, 0.6) is 0 Å². The fraction of sp³-hybridized carbons (Fsp3) is 0.458. The summed E-state index contributed by atoms with van der Waals surface area (Å²) in [7, 11) is 0. The van der Waals surface area contributed by atoms with Crippen molar-refractivity contribution in [3.05, 3.63) is 52.0 Å². The summed E-state index contributed by atoms with van der Waals surface area (Å²) in [6, 6.07) is 10.9. The maximum atomic E-state index is 12.6. The SMILES string of the molecule is C[C@H](c1ccc(Cl)cc1Cl)n1nnc2ccc(N3CCN(C(=O)OC(C)(C)C)[C@H](CO)C3)cc21. The van der Waals surface area contributed by atoms with E-state index in [-0.39, 0.29) is 18.7 Å². The van der Waals surface area contributed by atoms with Gasteiger partial charge in [-0.1, -0.05) is 34.5 Å². The number of benzene rings is 2. The van der Waals surface area contributed by atoms with Gasteiger partial charge in [0.2, 0.25) is 0 Å². The van der Waals surface area contributed by atoms with Gasteiger partial charge in [-0.3, -0.25) is 4.90 Å². The summed E-state index contributed by atoms with van der Waals surface area (Å²) in [6.07, 6.45) is -0.405. The summed E-state index contributed by atoms with van der Waals surface area (Å²) < 4.78 is 7.36. The number of aliphatic hydroxyl groups excluding tert-OH is 1. The second kappa shape index (κ2) is 9.60. The first-order valence-corrected chi connectivity index (χ1v) is 12.0. The first-order chi connectivity index (χ1) is 16.1. The number of halogens is 2. The van der Waals surface area contributed by atoms with Crippen molar-refractivity contribution in [2.45, 2.75) is 45.4 Å². The minimum absolute atomic E-state index is 0.149. The Morgan fingerprint density at radius 2 is 1.97 bits per heavy atom. The summed E-state index contributed by atoms with van der Waals surface area (Å²) in [6.45, 7) is 8.91. The molecule has 0 unspecified atom stereocenters. The molecule has 0 aliphatic carbocycles. The first kappa shape index (κ1) is 24.6. The van der Waals surface area contributed by atoms with Crippen LogP contribution in [0.15, 0.2) is 36.4 Å². The number of hydrogen-bond acceptors (Lipinski definition) is 6. The van der Waals surface area contributed by atoms with E-state index >= 15 is 0 Å². The normalized spacial score (nSPS) is 17.8. The van der Waals surface area contributed by atoms with E-state index < -0.39 is 11.7 Å². The van der Waals surface area contributed by atoms with E-state index in [1.54, 1.807) is 11.0 Å². The quantitative estimate of drug-likeness (QED) is 0.549. The van der Waals surface area contributed by atoms with Crippen LogP contribution < -0.4 is 4.90 Å². The van der Waals surface area contributed by atoms with Crippen molar-refractivity contribution in [3.63, 3.8) is 0 Å². The molecule has 1 saturated heterocycles. The number of amides is 1. The molecule has 0 bridgehead atoms. The Morgan fingerprint density at radius 3 is 2.65 bits per heavy atom. The number of piperazine rings is 1. The van der Waals surface area contributed by atoms with Crippen LogP contribution in [-0.2, 0) is 4.74 Å². The van der Waals surface area contributed by atoms with E-state index in [9.17, 15) is 9.90 Å². The highest BCUT2D eigenvalue weighted by atomic mass is 35.5. The highest BCUT2D eigenvalue weighted by molar-refractivity contribution is 6.35. The molecule has 1 fully saturated rings. The van der Waals surface area contributed by atoms with Crippen LogP contribution in [0.1, 0.15) is 39.3 Å². The van der Waals surface area contributed by atoms with Crippen molar-refractivity contribution in [2.24, 2.45) is 0 Å². The number of rotatable bonds is 4. The van der Waals surface area contributed by atoms with Crippen LogP contribution in [0.4, 0.5) is 10.5 Å². The Labute approximate surface area is 209 Å². The van der Waals surface area contributed by atoms with Gasteiger partial charge < -0.3 is 14.7 Å². The molecule has 1 aromatic heterocycles. The minimum Gasteiger partial charge on any atom is -0.444 e. The largest absolute Gasteiger partial charge is 0.444 e. The predicted octanol–water partition coefficient (Wildman–Crippen LogP) is 4.77. The fourth-order valence-corrected chi connectivity index (χ4v) is 4.75. The summed E-state index contributed by atoms with van der Waals surface area (Å²) in [4.78, 5) is 16.4. The zero-order chi connectivity index (χ0) is 24.6. The maximum Gasteiger partial charge on any atom is 0.410 e. The molecule has 1 aliphatic heterocycles. The smallest absolute Gasteiger partial charge is 0.410 e. The van der Waals surface area contributed by atoms with Gasteiger partial charge in [0.15, 0.2) is 0 Å². The molecule has 34 heavy (non-hydrogen) atoms. The van der Waals surface area contributed by atoms with Crippen molar-refractivity contribution in [1.29, 1.82) is 0 Å². The number of aliphatic hydroxyl groups is 1. The molecule has 10 heteroatoms. The van der Waals surface area contributed by atoms with Gasteiger partial charge in [0, 0.05) is 35.4 Å². The van der Waals surface area contributed by atoms with E-state index in [1.807, 2.05) is 62.7 Å². The second-order valence-electron chi connectivity index (χ2n) is 9.50. The molecule has 3 aromatic rings. The van der Waals surface area contributed by atoms with Crippen LogP contribution in [-0.4, -0.2) is 69.0 Å². The van der Waals surface area contributed by atoms with Crippen LogP contribution in [0.3, 0.4) is 0 Å². The van der Waals surface area contributed by atoms with Gasteiger partial charge in [-0.25, -0.2) is 9.48 Å². The second-order valence-corrected chi connectivity index (χ2v) is 10.3. The average molecular weight is 506 g/mol. The molecule has 1 amide bonds. The minimum atomic E-state index is -0.589. The van der Waals surface area contributed by atoms with Crippen LogP contribution >= 0.6 is 23.2 Å². The lowest BCUT2D eigenvalue weighted by Crippen LogP contribution is -2.57. The molecule has 1 aliphatic rings. The third-order valence-corrected chi connectivity index (χ3v) is 6.48. The maximum absolute atomic E-state index is 12.6. The van der Waals surface area contributed by atoms with Gasteiger partial charge in [0.1, 0.15) is 11.1 Å². The summed E-state index contributed by atoms with van der Waals surface area (Å²) >= 11 is 12.5. The summed E-state index contributed by atoms with van der Waals surface area (Å²) in [5, 5.41) is 19.8. The molecule has 0 spiro atoms. The molecule has 0 saturated carbocycles. The third-order valence-electron chi connectivity index (χ3n) is 5.92. The summed E-state index contributed by atoms with van der Waals surface area (Å²) in [5.74, 6) is 0. The van der Waals surface area contributed by atoms with Crippen molar-refractivity contribution in [2.75, 3.05) is 31.1 Å². The van der Waals surface area contributed by atoms with E-state index in [0.717, 1.165) is 22.3 Å². The Bertz CT molecular complexity index is 1190. The first-order valence-electron chi connectivity index (χ1n) is 11.2. The molecule has 2 atom stereocenters. The van der Waals surface area contributed by atoms with Crippen LogP contribution in [0.2, 0.25) is 10.0 Å². The lowest BCUT2D eigenvalue weighted by molar-refractivity contribution is 0.00704. The Kier molecular flexibility index (Phi) is 6.94. The molecule has 0 radical (unpaired) electrons. The monoisotopic (exact) mass is 505 g/mol. The van der Waals surface area contributed by atoms with Crippen molar-refractivity contribution in [1.82, 2.24) is 19.9 Å². The highest BCUT2D eigenvalue weighted by Gasteiger charge is 2.33. The van der Waals surface area contributed by atoms with Crippen molar-refractivity contribution in [3.8, 4) is 0 Å². The van der Waals surface area contributed by atoms with E-state index in [0.29, 0.717) is 29.7 Å². The van der Waals surface area contributed by atoms with Gasteiger partial charge in [-0.15, -0.1) is 5.10 Å². The highest BCUT2D eigenvalue weighted by Crippen LogP contribution is 2.31. The number of hydrogen-bond donors (Lipinski definition) is 1. The Balaban J connectivity index is 1.58. The topological polar surface area (TPSA) is 83.7 Å².